The lowest BCUT2D eigenvalue weighted by molar-refractivity contribution is -0.130. The van der Waals surface area contributed by atoms with Gasteiger partial charge in [0.1, 0.15) is 10.2 Å². The van der Waals surface area contributed by atoms with Gasteiger partial charge in [-0.2, -0.15) is 5.10 Å². The van der Waals surface area contributed by atoms with Gasteiger partial charge in [-0.05, 0) is 35.4 Å². The van der Waals surface area contributed by atoms with Crippen LogP contribution in [0.15, 0.2) is 30.3 Å². The van der Waals surface area contributed by atoms with Crippen LogP contribution in [-0.4, -0.2) is 33.7 Å². The Morgan fingerprint density at radius 1 is 1.20 bits per heavy atom. The Bertz CT molecular complexity index is 842. The third-order valence-corrected chi connectivity index (χ3v) is 5.59. The molecular weight excluding hydrogens is 453 g/mol. The Hall–Kier alpha value is -1.74. The van der Waals surface area contributed by atoms with Crippen LogP contribution in [0, 0.1) is 3.70 Å². The number of benzene rings is 1. The molecule has 1 saturated heterocycles. The highest BCUT2D eigenvalue weighted by Gasteiger charge is 2.28. The van der Waals surface area contributed by atoms with Gasteiger partial charge in [-0.25, -0.2) is 4.68 Å². The Balaban J connectivity index is 1.66. The van der Waals surface area contributed by atoms with E-state index in [1.165, 1.54) is 0 Å². The van der Waals surface area contributed by atoms with Crippen molar-refractivity contribution in [2.45, 2.75) is 19.4 Å². The molecule has 1 aromatic heterocycles. The van der Waals surface area contributed by atoms with Gasteiger partial charge in [0.05, 0.1) is 16.3 Å². The zero-order valence-corrected chi connectivity index (χ0v) is 16.3. The number of aromatic nitrogens is 2. The van der Waals surface area contributed by atoms with Crippen LogP contribution in [0.4, 0.5) is 5.82 Å². The number of carbonyl (C=O) groups excluding carboxylic acids is 1. The molecule has 0 saturated carbocycles. The van der Waals surface area contributed by atoms with Crippen molar-refractivity contribution < 1.29 is 4.79 Å². The van der Waals surface area contributed by atoms with Crippen LogP contribution >= 0.6 is 34.2 Å². The summed E-state index contributed by atoms with van der Waals surface area (Å²) in [5.41, 5.74) is 8.93. The van der Waals surface area contributed by atoms with Crippen molar-refractivity contribution in [2.24, 2.45) is 0 Å². The lowest BCUT2D eigenvalue weighted by Crippen LogP contribution is -2.33. The van der Waals surface area contributed by atoms with Crippen LogP contribution in [0.3, 0.4) is 0 Å². The van der Waals surface area contributed by atoms with Crippen molar-refractivity contribution in [1.82, 2.24) is 20.1 Å². The fourth-order valence-corrected chi connectivity index (χ4v) is 4.45. The summed E-state index contributed by atoms with van der Waals surface area (Å²) in [6.45, 7) is 1.89. The van der Waals surface area contributed by atoms with E-state index in [4.69, 9.17) is 11.6 Å². The highest BCUT2D eigenvalue weighted by atomic mass is 127. The van der Waals surface area contributed by atoms with E-state index in [2.05, 4.69) is 38.5 Å². The van der Waals surface area contributed by atoms with Crippen molar-refractivity contribution in [2.75, 3.05) is 18.5 Å². The van der Waals surface area contributed by atoms with Crippen molar-refractivity contribution in [3.63, 3.8) is 0 Å². The van der Waals surface area contributed by atoms with Crippen molar-refractivity contribution in [1.29, 1.82) is 0 Å². The third kappa shape index (κ3) is 3.10. The van der Waals surface area contributed by atoms with Crippen LogP contribution in [0.2, 0.25) is 0 Å². The molecule has 25 heavy (non-hydrogen) atoms. The molecule has 2 aliphatic rings. The Kier molecular flexibility index (Phi) is 4.60. The predicted octanol–water partition coefficient (Wildman–Crippen LogP) is 3.10. The first-order valence-electron chi connectivity index (χ1n) is 8.17. The second kappa shape index (κ2) is 6.87. The number of hydrogen-bond acceptors (Lipinski definition) is 4. The zero-order chi connectivity index (χ0) is 17.4. The summed E-state index contributed by atoms with van der Waals surface area (Å²) in [7, 11) is 0. The van der Waals surface area contributed by atoms with Gasteiger partial charge in [0, 0.05) is 18.7 Å². The molecule has 0 aliphatic carbocycles. The average Bonchev–Trinajstić information content (AvgIpc) is 3.25. The summed E-state index contributed by atoms with van der Waals surface area (Å²) in [5, 5.41) is 5.12. The van der Waals surface area contributed by atoms with Crippen LogP contribution in [-0.2, 0) is 11.3 Å². The maximum atomic E-state index is 12.4. The number of fused-ring (bicyclic) bond motifs is 1. The molecular formula is C17H17ClIN5O. The fraction of sp³-hybridized carbons (Fsp3) is 0.294. The molecule has 2 N–H and O–H groups in total. The van der Waals surface area contributed by atoms with Gasteiger partial charge < -0.3 is 4.90 Å². The maximum Gasteiger partial charge on any atom is 0.244 e. The molecule has 2 aliphatic heterocycles. The molecule has 6 nitrogen and oxygen atoms in total. The number of nitrogens with zero attached hydrogens (tertiary/aromatic N) is 3. The van der Waals surface area contributed by atoms with Crippen LogP contribution in [0.1, 0.15) is 24.0 Å². The second-order valence-electron chi connectivity index (χ2n) is 6.06. The van der Waals surface area contributed by atoms with E-state index >= 15 is 0 Å². The molecule has 1 amide bonds. The SMILES string of the molecule is O=C(Cn1nc(I)c2c1NNC(c1ccccc1)=C2Cl)N1CCCC1. The molecule has 0 spiro atoms. The first-order chi connectivity index (χ1) is 12.1. The molecule has 0 unspecified atom stereocenters. The molecule has 3 heterocycles. The Morgan fingerprint density at radius 2 is 1.92 bits per heavy atom. The van der Waals surface area contributed by atoms with E-state index in [1.807, 2.05) is 35.2 Å². The minimum Gasteiger partial charge on any atom is -0.341 e. The summed E-state index contributed by atoms with van der Waals surface area (Å²) in [6, 6.07) is 9.88. The fourth-order valence-electron chi connectivity index (χ4n) is 3.17. The summed E-state index contributed by atoms with van der Waals surface area (Å²) < 4.78 is 2.46. The van der Waals surface area contributed by atoms with Gasteiger partial charge in [0.2, 0.25) is 5.91 Å². The Labute approximate surface area is 164 Å². The highest BCUT2D eigenvalue weighted by molar-refractivity contribution is 14.1. The quantitative estimate of drug-likeness (QED) is 0.678. The van der Waals surface area contributed by atoms with Crippen molar-refractivity contribution in [3.05, 3.63) is 45.2 Å². The number of amides is 1. The summed E-state index contributed by atoms with van der Waals surface area (Å²) in [5.74, 6) is 0.816. The molecule has 0 radical (unpaired) electrons. The van der Waals surface area contributed by atoms with E-state index < -0.39 is 0 Å². The van der Waals surface area contributed by atoms with Crippen LogP contribution in [0.5, 0.6) is 0 Å². The number of likely N-dealkylation sites (tertiary alicyclic amines) is 1. The predicted molar refractivity (Wildman–Crippen MR) is 107 cm³/mol. The van der Waals surface area contributed by atoms with Gasteiger partial charge in [-0.15, -0.1) is 0 Å². The number of anilines is 1. The van der Waals surface area contributed by atoms with E-state index in [0.29, 0.717) is 5.03 Å². The largest absolute Gasteiger partial charge is 0.341 e. The van der Waals surface area contributed by atoms with E-state index in [0.717, 1.165) is 52.3 Å². The summed E-state index contributed by atoms with van der Waals surface area (Å²) >= 11 is 8.81. The summed E-state index contributed by atoms with van der Waals surface area (Å²) in [4.78, 5) is 14.3. The molecule has 130 valence electrons. The first-order valence-corrected chi connectivity index (χ1v) is 9.62. The zero-order valence-electron chi connectivity index (χ0n) is 13.4. The van der Waals surface area contributed by atoms with Crippen molar-refractivity contribution in [3.8, 4) is 0 Å². The smallest absolute Gasteiger partial charge is 0.244 e. The maximum absolute atomic E-state index is 12.4. The van der Waals surface area contributed by atoms with Gasteiger partial charge >= 0.3 is 0 Å². The average molecular weight is 470 g/mol. The third-order valence-electron chi connectivity index (χ3n) is 4.46. The standard InChI is InChI=1S/C17H17ClIN5O/c18-14-13-16(19)22-24(10-12(25)23-8-4-5-9-23)17(13)21-20-15(14)11-6-2-1-3-7-11/h1-3,6-7,20-21H,4-5,8-10H2. The number of hydrazine groups is 1. The lowest BCUT2D eigenvalue weighted by atomic mass is 10.1. The molecule has 0 atom stereocenters. The number of hydrogen-bond donors (Lipinski definition) is 2. The number of halogens is 2. The van der Waals surface area contributed by atoms with Gasteiger partial charge in [0.25, 0.3) is 0 Å². The molecule has 2 aromatic rings. The lowest BCUT2D eigenvalue weighted by Gasteiger charge is -2.23. The molecule has 8 heteroatoms. The summed E-state index contributed by atoms with van der Waals surface area (Å²) in [6.07, 6.45) is 2.16. The molecule has 0 bridgehead atoms. The van der Waals surface area contributed by atoms with Gasteiger partial charge in [-0.1, -0.05) is 41.9 Å². The molecule has 1 aromatic carbocycles. The number of nitrogens with one attached hydrogen (secondary N) is 2. The van der Waals surface area contributed by atoms with Gasteiger partial charge in [0.15, 0.2) is 5.82 Å². The van der Waals surface area contributed by atoms with Crippen LogP contribution in [0.25, 0.3) is 10.7 Å². The van der Waals surface area contributed by atoms with E-state index in [-0.39, 0.29) is 12.5 Å². The van der Waals surface area contributed by atoms with Crippen LogP contribution < -0.4 is 10.9 Å². The number of carbonyl (C=O) groups is 1. The van der Waals surface area contributed by atoms with E-state index in [9.17, 15) is 4.79 Å². The number of rotatable bonds is 3. The first kappa shape index (κ1) is 16.7. The van der Waals surface area contributed by atoms with Gasteiger partial charge in [-0.3, -0.25) is 15.6 Å². The molecule has 4 rings (SSSR count). The normalized spacial score (nSPS) is 16.5. The highest BCUT2D eigenvalue weighted by Crippen LogP contribution is 2.38. The Morgan fingerprint density at radius 3 is 2.64 bits per heavy atom. The molecule has 1 fully saturated rings. The van der Waals surface area contributed by atoms with E-state index in [1.54, 1.807) is 4.68 Å². The second-order valence-corrected chi connectivity index (χ2v) is 7.46. The minimum atomic E-state index is 0.0926. The topological polar surface area (TPSA) is 62.2 Å². The minimum absolute atomic E-state index is 0.0926. The monoisotopic (exact) mass is 469 g/mol. The van der Waals surface area contributed by atoms with Crippen molar-refractivity contribution >= 4 is 56.6 Å².